The molecule has 14 heavy (non-hydrogen) atoms. The lowest BCUT2D eigenvalue weighted by Crippen LogP contribution is -2.40. The molecule has 0 aromatic carbocycles. The molecule has 1 aliphatic heterocycles. The van der Waals surface area contributed by atoms with Crippen molar-refractivity contribution < 1.29 is 14.9 Å². The molecule has 2 unspecified atom stereocenters. The molecule has 3 heteroatoms. The Hall–Kier alpha value is -0.120. The third-order valence-electron chi connectivity index (χ3n) is 3.78. The Balaban J connectivity index is 1.93. The fourth-order valence-corrected chi connectivity index (χ4v) is 2.77. The highest BCUT2D eigenvalue weighted by Gasteiger charge is 2.37. The number of aliphatic hydroxyl groups is 2. The number of rotatable bonds is 3. The van der Waals surface area contributed by atoms with E-state index in [1.54, 1.807) is 0 Å². The minimum Gasteiger partial charge on any atom is -0.381 e. The average Bonchev–Trinajstić information content (AvgIpc) is 2.12. The van der Waals surface area contributed by atoms with Gasteiger partial charge in [-0.25, -0.2) is 0 Å². The Morgan fingerprint density at radius 2 is 1.71 bits per heavy atom. The highest BCUT2D eigenvalue weighted by atomic mass is 16.5. The summed E-state index contributed by atoms with van der Waals surface area (Å²) in [7, 11) is 0. The van der Waals surface area contributed by atoms with E-state index in [0.717, 1.165) is 26.1 Å². The molecule has 2 fully saturated rings. The fourth-order valence-electron chi connectivity index (χ4n) is 2.77. The van der Waals surface area contributed by atoms with Gasteiger partial charge in [-0.1, -0.05) is 6.42 Å². The van der Waals surface area contributed by atoms with Crippen LogP contribution in [0.4, 0.5) is 0 Å². The van der Waals surface area contributed by atoms with Gasteiger partial charge < -0.3 is 14.9 Å². The zero-order valence-electron chi connectivity index (χ0n) is 8.56. The molecule has 0 amide bonds. The third-order valence-corrected chi connectivity index (χ3v) is 3.78. The lowest BCUT2D eigenvalue weighted by atomic mass is 9.69. The summed E-state index contributed by atoms with van der Waals surface area (Å²) in [5.74, 6) is 0.958. The monoisotopic (exact) mass is 200 g/mol. The lowest BCUT2D eigenvalue weighted by Gasteiger charge is -2.40. The summed E-state index contributed by atoms with van der Waals surface area (Å²) >= 11 is 0. The summed E-state index contributed by atoms with van der Waals surface area (Å²) < 4.78 is 5.41. The number of hydrogen-bond acceptors (Lipinski definition) is 3. The van der Waals surface area contributed by atoms with Gasteiger partial charge in [0, 0.05) is 19.1 Å². The van der Waals surface area contributed by atoms with Crippen LogP contribution in [-0.4, -0.2) is 29.7 Å². The van der Waals surface area contributed by atoms with Gasteiger partial charge in [-0.15, -0.1) is 0 Å². The molecule has 0 bridgehead atoms. The molecule has 0 aromatic heterocycles. The van der Waals surface area contributed by atoms with Crippen molar-refractivity contribution in [3.8, 4) is 0 Å². The Kier molecular flexibility index (Phi) is 3.42. The van der Waals surface area contributed by atoms with Gasteiger partial charge >= 0.3 is 0 Å². The van der Waals surface area contributed by atoms with Crippen LogP contribution in [0.3, 0.4) is 0 Å². The zero-order chi connectivity index (χ0) is 9.97. The first-order valence-electron chi connectivity index (χ1n) is 5.73. The van der Waals surface area contributed by atoms with Crippen LogP contribution in [-0.2, 0) is 4.74 Å². The van der Waals surface area contributed by atoms with E-state index in [0.29, 0.717) is 11.8 Å². The zero-order valence-corrected chi connectivity index (χ0v) is 8.56. The first kappa shape index (κ1) is 10.4. The summed E-state index contributed by atoms with van der Waals surface area (Å²) in [5.41, 5.74) is 0. The summed E-state index contributed by atoms with van der Waals surface area (Å²) in [6.07, 6.45) is 4.60. The third kappa shape index (κ3) is 2.10. The van der Waals surface area contributed by atoms with Gasteiger partial charge in [-0.05, 0) is 37.5 Å². The summed E-state index contributed by atoms with van der Waals surface area (Å²) in [5, 5.41) is 18.8. The minimum atomic E-state index is -1.15. The van der Waals surface area contributed by atoms with Crippen LogP contribution < -0.4 is 0 Å². The van der Waals surface area contributed by atoms with Crippen LogP contribution in [0.15, 0.2) is 0 Å². The van der Waals surface area contributed by atoms with E-state index in [-0.39, 0.29) is 5.92 Å². The molecule has 82 valence electrons. The maximum Gasteiger partial charge on any atom is 0.154 e. The Labute approximate surface area is 85.1 Å². The highest BCUT2D eigenvalue weighted by Crippen LogP contribution is 2.40. The van der Waals surface area contributed by atoms with Gasteiger partial charge in [0.25, 0.3) is 0 Å². The molecule has 0 spiro atoms. The predicted octanol–water partition coefficient (Wildman–Crippen LogP) is 1.14. The molecule has 1 aliphatic carbocycles. The fraction of sp³-hybridized carbons (Fsp3) is 1.00. The van der Waals surface area contributed by atoms with Crippen LogP contribution in [0.2, 0.25) is 0 Å². The molecule has 1 heterocycles. The molecule has 1 saturated heterocycles. The maximum atomic E-state index is 9.40. The van der Waals surface area contributed by atoms with E-state index in [4.69, 9.17) is 4.74 Å². The quantitative estimate of drug-likeness (QED) is 0.672. The Bertz CT molecular complexity index is 171. The normalized spacial score (nSPS) is 31.5. The van der Waals surface area contributed by atoms with Crippen molar-refractivity contribution in [3.05, 3.63) is 0 Å². The second-order valence-corrected chi connectivity index (χ2v) is 4.66. The smallest absolute Gasteiger partial charge is 0.154 e. The van der Waals surface area contributed by atoms with Gasteiger partial charge in [0.2, 0.25) is 0 Å². The first-order valence-corrected chi connectivity index (χ1v) is 5.73. The molecule has 0 aromatic rings. The molecule has 2 aliphatic rings. The molecule has 2 N–H and O–H groups in total. The van der Waals surface area contributed by atoms with Gasteiger partial charge in [-0.2, -0.15) is 0 Å². The van der Waals surface area contributed by atoms with E-state index in [1.807, 2.05) is 0 Å². The molecule has 2 rings (SSSR count). The van der Waals surface area contributed by atoms with Crippen molar-refractivity contribution in [1.29, 1.82) is 0 Å². The standard InChI is InChI=1S/C11H20O3/c12-11(13)10(8-3-1-4-8)9-5-2-6-14-7-9/h8-13H,1-7H2. The van der Waals surface area contributed by atoms with Crippen molar-refractivity contribution in [2.45, 2.75) is 38.4 Å². The molecule has 1 saturated carbocycles. The van der Waals surface area contributed by atoms with Crippen LogP contribution in [0.1, 0.15) is 32.1 Å². The van der Waals surface area contributed by atoms with Gasteiger partial charge in [0.1, 0.15) is 0 Å². The maximum absolute atomic E-state index is 9.40. The first-order chi connectivity index (χ1) is 6.79. The van der Waals surface area contributed by atoms with Crippen molar-refractivity contribution in [2.75, 3.05) is 13.2 Å². The van der Waals surface area contributed by atoms with Gasteiger partial charge in [-0.3, -0.25) is 0 Å². The van der Waals surface area contributed by atoms with Crippen molar-refractivity contribution >= 4 is 0 Å². The van der Waals surface area contributed by atoms with Crippen molar-refractivity contribution in [1.82, 2.24) is 0 Å². The number of ether oxygens (including phenoxy) is 1. The predicted molar refractivity (Wildman–Crippen MR) is 52.6 cm³/mol. The molecule has 3 nitrogen and oxygen atoms in total. The largest absolute Gasteiger partial charge is 0.381 e. The Morgan fingerprint density at radius 3 is 2.14 bits per heavy atom. The lowest BCUT2D eigenvalue weighted by molar-refractivity contribution is -0.145. The van der Waals surface area contributed by atoms with Gasteiger partial charge in [0.05, 0.1) is 0 Å². The SMILES string of the molecule is OC(O)C(C1CCC1)C1CCCOC1. The molecule has 0 radical (unpaired) electrons. The van der Waals surface area contributed by atoms with E-state index in [2.05, 4.69) is 0 Å². The molecular formula is C11H20O3. The second-order valence-electron chi connectivity index (χ2n) is 4.66. The van der Waals surface area contributed by atoms with E-state index in [1.165, 1.54) is 19.3 Å². The van der Waals surface area contributed by atoms with E-state index in [9.17, 15) is 10.2 Å². The topological polar surface area (TPSA) is 49.7 Å². The second kappa shape index (κ2) is 4.60. The average molecular weight is 200 g/mol. The molecule has 2 atom stereocenters. The van der Waals surface area contributed by atoms with Crippen LogP contribution in [0, 0.1) is 17.8 Å². The summed E-state index contributed by atoms with van der Waals surface area (Å²) in [6, 6.07) is 0. The summed E-state index contributed by atoms with van der Waals surface area (Å²) in [4.78, 5) is 0. The summed E-state index contributed by atoms with van der Waals surface area (Å²) in [6.45, 7) is 1.56. The number of hydrogen-bond donors (Lipinski definition) is 2. The van der Waals surface area contributed by atoms with Crippen molar-refractivity contribution in [3.63, 3.8) is 0 Å². The van der Waals surface area contributed by atoms with Crippen LogP contribution in [0.5, 0.6) is 0 Å². The highest BCUT2D eigenvalue weighted by molar-refractivity contribution is 4.84. The van der Waals surface area contributed by atoms with Crippen LogP contribution >= 0.6 is 0 Å². The van der Waals surface area contributed by atoms with E-state index < -0.39 is 6.29 Å². The van der Waals surface area contributed by atoms with Crippen LogP contribution in [0.25, 0.3) is 0 Å². The number of aliphatic hydroxyl groups excluding tert-OH is 1. The Morgan fingerprint density at radius 1 is 1.00 bits per heavy atom. The van der Waals surface area contributed by atoms with Gasteiger partial charge in [0.15, 0.2) is 6.29 Å². The minimum absolute atomic E-state index is 0.0593. The molecular weight excluding hydrogens is 180 g/mol. The van der Waals surface area contributed by atoms with Crippen molar-refractivity contribution in [2.24, 2.45) is 17.8 Å². The van der Waals surface area contributed by atoms with E-state index >= 15 is 0 Å².